The first-order valence-electron chi connectivity index (χ1n) is 10.4. The number of aryl methyl sites for hydroxylation is 1. The number of halogens is 1. The molecule has 0 aliphatic heterocycles. The Kier molecular flexibility index (Phi) is 5.07. The molecule has 0 bridgehead atoms. The third-order valence-electron chi connectivity index (χ3n) is 6.06. The summed E-state index contributed by atoms with van der Waals surface area (Å²) in [5, 5.41) is 13.1. The molecule has 0 radical (unpaired) electrons. The van der Waals surface area contributed by atoms with E-state index in [-0.39, 0.29) is 11.5 Å². The number of benzene rings is 2. The fraction of sp³-hybridized carbons (Fsp3) is 0.200. The van der Waals surface area contributed by atoms with Crippen molar-refractivity contribution >= 4 is 45.0 Å². The number of amides is 1. The van der Waals surface area contributed by atoms with Crippen molar-refractivity contribution in [3.63, 3.8) is 0 Å². The third-order valence-corrected chi connectivity index (χ3v) is 7.37. The Balaban J connectivity index is 1.44. The molecular formula is C25H21ClN2O3S. The van der Waals surface area contributed by atoms with E-state index in [2.05, 4.69) is 16.0 Å². The van der Waals surface area contributed by atoms with Gasteiger partial charge in [-0.1, -0.05) is 35.9 Å². The standard InChI is InChI=1S/C25H21ClN2O3S/c1-15-21(22-20(32-15)10-13-28(22)14-16-2-8-19(26)9-3-16)23(29)27-25(11-12-25)18-6-4-17(5-7-18)24(30)31/h2-10,13H,11-12,14H2,1H3,(H,27,29)(H,30,31). The van der Waals surface area contributed by atoms with Crippen LogP contribution >= 0.6 is 22.9 Å². The fourth-order valence-corrected chi connectivity index (χ4v) is 5.38. The highest BCUT2D eigenvalue weighted by atomic mass is 35.5. The number of nitrogens with zero attached hydrogens (tertiary/aromatic N) is 1. The molecule has 7 heteroatoms. The van der Waals surface area contributed by atoms with Crippen LogP contribution in [0.15, 0.2) is 60.8 Å². The lowest BCUT2D eigenvalue weighted by molar-refractivity contribution is 0.0696. The van der Waals surface area contributed by atoms with Crippen molar-refractivity contribution in [1.29, 1.82) is 0 Å². The van der Waals surface area contributed by atoms with E-state index in [0.717, 1.165) is 39.1 Å². The van der Waals surface area contributed by atoms with Gasteiger partial charge >= 0.3 is 5.97 Å². The predicted octanol–water partition coefficient (Wildman–Crippen LogP) is 5.83. The average Bonchev–Trinajstić information content (AvgIpc) is 3.34. The molecule has 1 fully saturated rings. The van der Waals surface area contributed by atoms with Crippen LogP contribution in [0.2, 0.25) is 5.02 Å². The summed E-state index contributed by atoms with van der Waals surface area (Å²) in [6.45, 7) is 2.63. The number of rotatable bonds is 6. The van der Waals surface area contributed by atoms with Crippen LogP contribution in [0.1, 0.15) is 49.6 Å². The summed E-state index contributed by atoms with van der Waals surface area (Å²) in [4.78, 5) is 25.6. The maximum absolute atomic E-state index is 13.5. The van der Waals surface area contributed by atoms with Crippen molar-refractivity contribution < 1.29 is 14.7 Å². The maximum atomic E-state index is 13.5. The number of thiophene rings is 1. The molecule has 1 aliphatic rings. The van der Waals surface area contributed by atoms with Crippen LogP contribution in [-0.2, 0) is 12.1 Å². The minimum Gasteiger partial charge on any atom is -0.478 e. The quantitative estimate of drug-likeness (QED) is 0.377. The van der Waals surface area contributed by atoms with Crippen molar-refractivity contribution in [3.8, 4) is 0 Å². The van der Waals surface area contributed by atoms with Crippen molar-refractivity contribution in [3.05, 3.63) is 92.9 Å². The zero-order valence-corrected chi connectivity index (χ0v) is 19.0. The predicted molar refractivity (Wildman–Crippen MR) is 127 cm³/mol. The Labute approximate surface area is 194 Å². The molecule has 2 aromatic heterocycles. The van der Waals surface area contributed by atoms with Gasteiger partial charge in [-0.25, -0.2) is 4.79 Å². The van der Waals surface area contributed by atoms with Crippen LogP contribution in [0.4, 0.5) is 0 Å². The summed E-state index contributed by atoms with van der Waals surface area (Å²) in [5.74, 6) is -1.05. The van der Waals surface area contributed by atoms with E-state index in [1.54, 1.807) is 35.6 Å². The number of carboxylic acid groups (broad SMARTS) is 1. The molecule has 1 aliphatic carbocycles. The molecule has 2 heterocycles. The zero-order chi connectivity index (χ0) is 22.5. The van der Waals surface area contributed by atoms with E-state index >= 15 is 0 Å². The molecule has 0 unspecified atom stereocenters. The van der Waals surface area contributed by atoms with Crippen LogP contribution in [0.25, 0.3) is 10.2 Å². The van der Waals surface area contributed by atoms with E-state index < -0.39 is 11.5 Å². The molecule has 5 rings (SSSR count). The van der Waals surface area contributed by atoms with Gasteiger partial charge < -0.3 is 15.0 Å². The number of carboxylic acids is 1. The van der Waals surface area contributed by atoms with Gasteiger partial charge in [0.15, 0.2) is 0 Å². The number of carbonyl (C=O) groups excluding carboxylic acids is 1. The van der Waals surface area contributed by atoms with Gasteiger partial charge in [0.2, 0.25) is 0 Å². The number of hydrogen-bond acceptors (Lipinski definition) is 3. The molecule has 2 aromatic carbocycles. The number of carbonyl (C=O) groups is 2. The molecule has 4 aromatic rings. The Morgan fingerprint density at radius 3 is 2.41 bits per heavy atom. The molecular weight excluding hydrogens is 444 g/mol. The smallest absolute Gasteiger partial charge is 0.335 e. The van der Waals surface area contributed by atoms with Gasteiger partial charge in [-0.3, -0.25) is 4.79 Å². The molecule has 2 N–H and O–H groups in total. The Hall–Kier alpha value is -3.09. The Morgan fingerprint density at radius 1 is 1.09 bits per heavy atom. The molecule has 1 amide bonds. The second kappa shape index (κ2) is 7.80. The van der Waals surface area contributed by atoms with E-state index in [0.29, 0.717) is 17.1 Å². The summed E-state index contributed by atoms with van der Waals surface area (Å²) in [6, 6.07) is 16.6. The lowest BCUT2D eigenvalue weighted by atomic mass is 10.0. The SMILES string of the molecule is Cc1sc2ccn(Cc3ccc(Cl)cc3)c2c1C(=O)NC1(c2ccc(C(=O)O)cc2)CC1. The number of aromatic nitrogens is 1. The minimum absolute atomic E-state index is 0.0929. The Morgan fingerprint density at radius 2 is 1.78 bits per heavy atom. The van der Waals surface area contributed by atoms with Crippen molar-refractivity contribution in [1.82, 2.24) is 9.88 Å². The third kappa shape index (κ3) is 3.70. The van der Waals surface area contributed by atoms with E-state index in [4.69, 9.17) is 16.7 Å². The lowest BCUT2D eigenvalue weighted by Gasteiger charge is -2.19. The zero-order valence-electron chi connectivity index (χ0n) is 17.4. The number of nitrogens with one attached hydrogen (secondary N) is 1. The second-order valence-electron chi connectivity index (χ2n) is 8.23. The largest absolute Gasteiger partial charge is 0.478 e. The molecule has 5 nitrogen and oxygen atoms in total. The van der Waals surface area contributed by atoms with Gasteiger partial charge in [-0.15, -0.1) is 11.3 Å². The summed E-state index contributed by atoms with van der Waals surface area (Å²) < 4.78 is 3.19. The van der Waals surface area contributed by atoms with Gasteiger partial charge in [0, 0.05) is 22.6 Å². The number of aromatic carboxylic acids is 1. The summed E-state index contributed by atoms with van der Waals surface area (Å²) in [5.41, 5.74) is 3.51. The van der Waals surface area contributed by atoms with Crippen LogP contribution in [0.3, 0.4) is 0 Å². The van der Waals surface area contributed by atoms with E-state index in [1.807, 2.05) is 37.4 Å². The molecule has 0 atom stereocenters. The van der Waals surface area contributed by atoms with Crippen LogP contribution in [-0.4, -0.2) is 21.6 Å². The lowest BCUT2D eigenvalue weighted by Crippen LogP contribution is -2.35. The van der Waals surface area contributed by atoms with Gasteiger partial charge in [-0.05, 0) is 61.2 Å². The fourth-order valence-electron chi connectivity index (χ4n) is 4.19. The molecule has 32 heavy (non-hydrogen) atoms. The first-order valence-corrected chi connectivity index (χ1v) is 11.5. The average molecular weight is 465 g/mol. The van der Waals surface area contributed by atoms with Crippen LogP contribution in [0.5, 0.6) is 0 Å². The summed E-state index contributed by atoms with van der Waals surface area (Å²) in [7, 11) is 0. The van der Waals surface area contributed by atoms with Crippen LogP contribution < -0.4 is 5.32 Å². The first-order chi connectivity index (χ1) is 15.4. The minimum atomic E-state index is -0.955. The van der Waals surface area contributed by atoms with Gasteiger partial charge in [0.25, 0.3) is 5.91 Å². The Bertz CT molecular complexity index is 1330. The molecule has 162 valence electrons. The topological polar surface area (TPSA) is 71.3 Å². The van der Waals surface area contributed by atoms with Crippen molar-refractivity contribution in [2.75, 3.05) is 0 Å². The maximum Gasteiger partial charge on any atom is 0.335 e. The van der Waals surface area contributed by atoms with Gasteiger partial charge in [-0.2, -0.15) is 0 Å². The normalized spacial score (nSPS) is 14.4. The molecule has 0 saturated heterocycles. The van der Waals surface area contributed by atoms with Crippen LogP contribution in [0, 0.1) is 6.92 Å². The van der Waals surface area contributed by atoms with E-state index in [9.17, 15) is 9.59 Å². The summed E-state index contributed by atoms with van der Waals surface area (Å²) >= 11 is 7.63. The molecule has 0 spiro atoms. The van der Waals surface area contributed by atoms with Crippen molar-refractivity contribution in [2.45, 2.75) is 31.8 Å². The highest BCUT2D eigenvalue weighted by Crippen LogP contribution is 2.46. The summed E-state index contributed by atoms with van der Waals surface area (Å²) in [6.07, 6.45) is 3.69. The number of hydrogen-bond donors (Lipinski definition) is 2. The first kappa shape index (κ1) is 20.8. The van der Waals surface area contributed by atoms with Crippen molar-refractivity contribution in [2.24, 2.45) is 0 Å². The molecule has 1 saturated carbocycles. The highest BCUT2D eigenvalue weighted by molar-refractivity contribution is 7.19. The van der Waals surface area contributed by atoms with E-state index in [1.165, 1.54) is 0 Å². The van der Waals surface area contributed by atoms with Gasteiger partial charge in [0.05, 0.1) is 26.9 Å². The highest BCUT2D eigenvalue weighted by Gasteiger charge is 2.46. The number of fused-ring (bicyclic) bond motifs is 1. The second-order valence-corrected chi connectivity index (χ2v) is 9.93. The monoisotopic (exact) mass is 464 g/mol. The van der Waals surface area contributed by atoms with Gasteiger partial charge in [0.1, 0.15) is 0 Å².